The molecule has 0 radical (unpaired) electrons. The molecule has 0 amide bonds. The first-order valence-electron chi connectivity index (χ1n) is 5.20. The van der Waals surface area contributed by atoms with Gasteiger partial charge in [-0.25, -0.2) is 0 Å². The molecule has 0 spiro atoms. The fourth-order valence-corrected chi connectivity index (χ4v) is 1.80. The molecule has 80 valence electrons. The fraction of sp³-hybridized carbons (Fsp3) is 0.0769. The van der Waals surface area contributed by atoms with E-state index in [1.807, 2.05) is 43.3 Å². The van der Waals surface area contributed by atoms with Crippen molar-refractivity contribution >= 4 is 12.6 Å². The number of aryl methyl sites for hydroxylation is 1. The van der Waals surface area contributed by atoms with E-state index in [-0.39, 0.29) is 0 Å². The maximum atomic E-state index is 9.29. The third-order valence-corrected chi connectivity index (χ3v) is 2.57. The molecule has 0 saturated carbocycles. The molecule has 0 bridgehead atoms. The number of rotatable bonds is 2. The van der Waals surface area contributed by atoms with E-state index >= 15 is 0 Å². The molecule has 0 saturated heterocycles. The van der Waals surface area contributed by atoms with E-state index < -0.39 is 7.12 Å². The summed E-state index contributed by atoms with van der Waals surface area (Å²) in [6, 6.07) is 15.3. The van der Waals surface area contributed by atoms with Crippen molar-refractivity contribution in [2.24, 2.45) is 0 Å². The Kier molecular flexibility index (Phi) is 3.08. The average Bonchev–Trinajstić information content (AvgIpc) is 2.29. The molecule has 2 nitrogen and oxygen atoms in total. The molecular weight excluding hydrogens is 199 g/mol. The maximum absolute atomic E-state index is 9.29. The Labute approximate surface area is 95.3 Å². The van der Waals surface area contributed by atoms with Gasteiger partial charge in [-0.2, -0.15) is 0 Å². The van der Waals surface area contributed by atoms with Gasteiger partial charge < -0.3 is 10.0 Å². The van der Waals surface area contributed by atoms with E-state index in [0.29, 0.717) is 5.46 Å². The quantitative estimate of drug-likeness (QED) is 0.737. The van der Waals surface area contributed by atoms with E-state index in [1.165, 1.54) is 0 Å². The molecule has 0 aliphatic heterocycles. The lowest BCUT2D eigenvalue weighted by atomic mass is 9.75. The molecule has 2 N–H and O–H groups in total. The summed E-state index contributed by atoms with van der Waals surface area (Å²) in [7, 11) is -1.43. The zero-order chi connectivity index (χ0) is 11.5. The summed E-state index contributed by atoms with van der Waals surface area (Å²) in [5.74, 6) is 0. The van der Waals surface area contributed by atoms with Gasteiger partial charge in [0.15, 0.2) is 0 Å². The van der Waals surface area contributed by atoms with Crippen molar-refractivity contribution in [3.63, 3.8) is 0 Å². The highest BCUT2D eigenvalue weighted by Gasteiger charge is 2.15. The Bertz CT molecular complexity index is 495. The van der Waals surface area contributed by atoms with E-state index in [1.54, 1.807) is 12.1 Å². The molecule has 2 aromatic rings. The van der Waals surface area contributed by atoms with Crippen molar-refractivity contribution < 1.29 is 10.0 Å². The van der Waals surface area contributed by atoms with E-state index in [9.17, 15) is 10.0 Å². The van der Waals surface area contributed by atoms with Gasteiger partial charge in [-0.1, -0.05) is 54.1 Å². The zero-order valence-corrected chi connectivity index (χ0v) is 9.09. The molecule has 0 heterocycles. The van der Waals surface area contributed by atoms with Gasteiger partial charge in [0.1, 0.15) is 0 Å². The summed E-state index contributed by atoms with van der Waals surface area (Å²) in [6.45, 7) is 2.02. The highest BCUT2D eigenvalue weighted by molar-refractivity contribution is 6.60. The maximum Gasteiger partial charge on any atom is 0.489 e. The summed E-state index contributed by atoms with van der Waals surface area (Å²) < 4.78 is 0. The van der Waals surface area contributed by atoms with Gasteiger partial charge in [-0.05, 0) is 23.5 Å². The molecule has 0 unspecified atom stereocenters. The van der Waals surface area contributed by atoms with Crippen molar-refractivity contribution in [1.82, 2.24) is 0 Å². The zero-order valence-electron chi connectivity index (χ0n) is 9.09. The molecule has 0 aliphatic carbocycles. The van der Waals surface area contributed by atoms with Crippen LogP contribution in [0.3, 0.4) is 0 Å². The fourth-order valence-electron chi connectivity index (χ4n) is 1.80. The van der Waals surface area contributed by atoms with Crippen LogP contribution < -0.4 is 5.46 Å². The average molecular weight is 212 g/mol. The summed E-state index contributed by atoms with van der Waals surface area (Å²) in [4.78, 5) is 0. The Morgan fingerprint density at radius 2 is 1.69 bits per heavy atom. The van der Waals surface area contributed by atoms with E-state index in [0.717, 1.165) is 16.7 Å². The SMILES string of the molecule is Cc1cccc(-c2ccccc2B(O)O)c1. The van der Waals surface area contributed by atoms with Gasteiger partial charge in [0.05, 0.1) is 0 Å². The summed E-state index contributed by atoms with van der Waals surface area (Å²) in [6.07, 6.45) is 0. The van der Waals surface area contributed by atoms with E-state index in [4.69, 9.17) is 0 Å². The first-order chi connectivity index (χ1) is 7.68. The van der Waals surface area contributed by atoms with Crippen molar-refractivity contribution in [2.45, 2.75) is 6.92 Å². The van der Waals surface area contributed by atoms with Crippen LogP contribution in [0.1, 0.15) is 5.56 Å². The van der Waals surface area contributed by atoms with Gasteiger partial charge in [0, 0.05) is 0 Å². The van der Waals surface area contributed by atoms with Crippen LogP contribution in [0.25, 0.3) is 11.1 Å². The first kappa shape index (κ1) is 10.9. The molecule has 0 atom stereocenters. The number of hydrogen-bond donors (Lipinski definition) is 2. The minimum atomic E-state index is -1.43. The van der Waals surface area contributed by atoms with Gasteiger partial charge in [-0.15, -0.1) is 0 Å². The van der Waals surface area contributed by atoms with Crippen LogP contribution in [0.2, 0.25) is 0 Å². The normalized spacial score (nSPS) is 10.2. The van der Waals surface area contributed by atoms with Gasteiger partial charge in [0.2, 0.25) is 0 Å². The van der Waals surface area contributed by atoms with Gasteiger partial charge >= 0.3 is 7.12 Å². The van der Waals surface area contributed by atoms with Crippen LogP contribution in [0, 0.1) is 6.92 Å². The van der Waals surface area contributed by atoms with Crippen LogP contribution in [0.4, 0.5) is 0 Å². The van der Waals surface area contributed by atoms with Crippen molar-refractivity contribution in [1.29, 1.82) is 0 Å². The van der Waals surface area contributed by atoms with Gasteiger partial charge in [0.25, 0.3) is 0 Å². The van der Waals surface area contributed by atoms with Crippen LogP contribution in [0.15, 0.2) is 48.5 Å². The third-order valence-electron chi connectivity index (χ3n) is 2.57. The van der Waals surface area contributed by atoms with Crippen molar-refractivity contribution in [2.75, 3.05) is 0 Å². The predicted octanol–water partition coefficient (Wildman–Crippen LogP) is 1.34. The summed E-state index contributed by atoms with van der Waals surface area (Å²) >= 11 is 0. The molecule has 16 heavy (non-hydrogen) atoms. The summed E-state index contributed by atoms with van der Waals surface area (Å²) in [5.41, 5.74) is 3.55. The highest BCUT2D eigenvalue weighted by Crippen LogP contribution is 2.18. The molecular formula is C13H13BO2. The Morgan fingerprint density at radius 1 is 0.938 bits per heavy atom. The Hall–Kier alpha value is -1.58. The summed E-state index contributed by atoms with van der Waals surface area (Å²) in [5, 5.41) is 18.6. The van der Waals surface area contributed by atoms with Crippen molar-refractivity contribution in [3.05, 3.63) is 54.1 Å². The smallest absolute Gasteiger partial charge is 0.423 e. The molecule has 0 fully saturated rings. The second-order valence-electron chi connectivity index (χ2n) is 3.83. The lowest BCUT2D eigenvalue weighted by Crippen LogP contribution is -2.31. The number of hydrogen-bond acceptors (Lipinski definition) is 2. The Morgan fingerprint density at radius 3 is 2.38 bits per heavy atom. The first-order valence-corrected chi connectivity index (χ1v) is 5.20. The lowest BCUT2D eigenvalue weighted by Gasteiger charge is -2.09. The van der Waals surface area contributed by atoms with Crippen LogP contribution in [-0.4, -0.2) is 17.2 Å². The standard InChI is InChI=1S/C13H13BO2/c1-10-5-4-6-11(9-10)12-7-2-3-8-13(12)14(15)16/h2-9,15-16H,1H3. The van der Waals surface area contributed by atoms with Crippen LogP contribution in [0.5, 0.6) is 0 Å². The highest BCUT2D eigenvalue weighted by atomic mass is 16.4. The minimum Gasteiger partial charge on any atom is -0.423 e. The Balaban J connectivity index is 2.55. The molecule has 3 heteroatoms. The minimum absolute atomic E-state index is 0.535. The van der Waals surface area contributed by atoms with Gasteiger partial charge in [-0.3, -0.25) is 0 Å². The topological polar surface area (TPSA) is 40.5 Å². The largest absolute Gasteiger partial charge is 0.489 e. The lowest BCUT2D eigenvalue weighted by molar-refractivity contribution is 0.426. The second-order valence-corrected chi connectivity index (χ2v) is 3.83. The van der Waals surface area contributed by atoms with Crippen LogP contribution >= 0.6 is 0 Å². The second kappa shape index (κ2) is 4.52. The number of benzene rings is 2. The molecule has 2 aromatic carbocycles. The molecule has 0 aromatic heterocycles. The molecule has 2 rings (SSSR count). The molecule has 0 aliphatic rings. The van der Waals surface area contributed by atoms with E-state index in [2.05, 4.69) is 0 Å². The van der Waals surface area contributed by atoms with Crippen molar-refractivity contribution in [3.8, 4) is 11.1 Å². The predicted molar refractivity (Wildman–Crippen MR) is 66.4 cm³/mol. The van der Waals surface area contributed by atoms with Crippen LogP contribution in [-0.2, 0) is 0 Å². The monoisotopic (exact) mass is 212 g/mol. The third kappa shape index (κ3) is 2.16.